The van der Waals surface area contributed by atoms with Gasteiger partial charge in [0, 0.05) is 32.1 Å². The second-order valence-corrected chi connectivity index (χ2v) is 9.11. The zero-order valence-electron chi connectivity index (χ0n) is 18.3. The van der Waals surface area contributed by atoms with E-state index in [1.165, 1.54) is 25.4 Å². The Labute approximate surface area is 202 Å². The van der Waals surface area contributed by atoms with Gasteiger partial charge in [-0.1, -0.05) is 22.9 Å². The molecule has 0 radical (unpaired) electrons. The monoisotopic (exact) mass is 508 g/mol. The quantitative estimate of drug-likeness (QED) is 0.397. The molecule has 0 bridgehead atoms. The van der Waals surface area contributed by atoms with E-state index in [1.54, 1.807) is 6.92 Å². The Kier molecular flexibility index (Phi) is 6.73. The van der Waals surface area contributed by atoms with E-state index in [4.69, 9.17) is 22.1 Å². The molecule has 1 aliphatic heterocycles. The lowest BCUT2D eigenvalue weighted by Crippen LogP contribution is -2.55. The smallest absolute Gasteiger partial charge is 0.348 e. The minimum Gasteiger partial charge on any atom is -0.477 e. The summed E-state index contributed by atoms with van der Waals surface area (Å²) in [6.45, 7) is 2.51. The van der Waals surface area contributed by atoms with Crippen LogP contribution in [-0.4, -0.2) is 64.3 Å². The first-order valence-corrected chi connectivity index (χ1v) is 11.5. The van der Waals surface area contributed by atoms with E-state index in [9.17, 15) is 19.1 Å². The van der Waals surface area contributed by atoms with Crippen molar-refractivity contribution in [2.75, 3.05) is 30.8 Å². The van der Waals surface area contributed by atoms with E-state index in [1.807, 2.05) is 4.90 Å². The predicted octanol–water partition coefficient (Wildman–Crippen LogP) is 2.94. The lowest BCUT2D eigenvalue weighted by Gasteiger charge is -2.37. The number of methoxy groups -OCH3 is 1. The van der Waals surface area contributed by atoms with Crippen molar-refractivity contribution in [2.24, 2.45) is 0 Å². The molecule has 1 saturated heterocycles. The molecule has 2 atom stereocenters. The molecule has 1 amide bonds. The molecule has 0 saturated carbocycles. The number of aryl methyl sites for hydroxylation is 1. The fraction of sp³-hybridized carbons (Fsp3) is 0.333. The number of halogens is 2. The lowest BCUT2D eigenvalue weighted by molar-refractivity contribution is 0.0540. The second kappa shape index (κ2) is 9.57. The normalized spacial score (nSPS) is 18.2. The van der Waals surface area contributed by atoms with E-state index >= 15 is 0 Å². The lowest BCUT2D eigenvalue weighted by atomic mass is 10.0. The van der Waals surface area contributed by atoms with Crippen molar-refractivity contribution in [3.05, 3.63) is 45.4 Å². The Morgan fingerprint density at radius 3 is 2.82 bits per heavy atom. The Morgan fingerprint density at radius 2 is 2.21 bits per heavy atom. The number of carboxylic acids is 1. The van der Waals surface area contributed by atoms with Gasteiger partial charge in [0.15, 0.2) is 10.9 Å². The molecular formula is C21H22ClFN6O4S. The number of H-pyrrole nitrogens is 1. The molecule has 5 N–H and O–H groups in total. The van der Waals surface area contributed by atoms with Crippen molar-refractivity contribution in [3.8, 4) is 11.4 Å². The number of pyridine rings is 1. The highest BCUT2D eigenvalue weighted by Gasteiger charge is 2.34. The summed E-state index contributed by atoms with van der Waals surface area (Å²) in [6, 6.07) is 2.29. The number of hydrogen-bond donors (Lipinski definition) is 4. The summed E-state index contributed by atoms with van der Waals surface area (Å²) in [7, 11) is 1.52. The number of piperidine rings is 1. The van der Waals surface area contributed by atoms with E-state index < -0.39 is 23.8 Å². The number of ether oxygens (including phenoxy) is 1. The number of nitrogen functional groups attached to an aromatic ring is 1. The zero-order valence-corrected chi connectivity index (χ0v) is 19.8. The molecule has 4 rings (SSSR count). The van der Waals surface area contributed by atoms with Crippen molar-refractivity contribution in [2.45, 2.75) is 25.5 Å². The molecule has 180 valence electrons. The van der Waals surface area contributed by atoms with Gasteiger partial charge in [-0.3, -0.25) is 9.78 Å². The number of rotatable bonds is 6. The van der Waals surface area contributed by atoms with Gasteiger partial charge in [0.1, 0.15) is 22.0 Å². The standard InChI is InChI=1S/C21H22ClFN6O4S/c1-9-13(22)14(24)16(26-9)19(30)27-11-5-7-29(8-12(11)33-2)21-28-17(18(34-21)20(31)32)15-10(23)4-3-6-25-15/h3-4,6,11-12,26H,5,7-8,24H2,1-2H3,(H,27,30)(H,31,32)/t11-,12+/m1/s1. The molecule has 1 aliphatic rings. The van der Waals surface area contributed by atoms with Crippen LogP contribution in [0.5, 0.6) is 0 Å². The maximum absolute atomic E-state index is 14.3. The minimum absolute atomic E-state index is 0.0236. The van der Waals surface area contributed by atoms with Crippen LogP contribution in [0.3, 0.4) is 0 Å². The maximum atomic E-state index is 14.3. The van der Waals surface area contributed by atoms with Crippen LogP contribution in [0.15, 0.2) is 18.3 Å². The SMILES string of the molecule is CO[C@H]1CN(c2nc(-c3ncccc3F)c(C(=O)O)s2)CC[C@H]1NC(=O)c1[nH]c(C)c(Cl)c1N. The fourth-order valence-electron chi connectivity index (χ4n) is 3.84. The van der Waals surface area contributed by atoms with E-state index in [0.717, 1.165) is 11.3 Å². The predicted molar refractivity (Wildman–Crippen MR) is 126 cm³/mol. The summed E-state index contributed by atoms with van der Waals surface area (Å²) >= 11 is 7.01. The summed E-state index contributed by atoms with van der Waals surface area (Å²) in [6.07, 6.45) is 1.45. The van der Waals surface area contributed by atoms with E-state index in [2.05, 4.69) is 20.3 Å². The fourth-order valence-corrected chi connectivity index (χ4v) is 4.93. The highest BCUT2D eigenvalue weighted by molar-refractivity contribution is 7.17. The topological polar surface area (TPSA) is 146 Å². The number of aromatic carboxylic acids is 1. The van der Waals surface area contributed by atoms with Crippen molar-refractivity contribution >= 4 is 45.6 Å². The third-order valence-electron chi connectivity index (χ3n) is 5.62. The average molecular weight is 509 g/mol. The van der Waals surface area contributed by atoms with Gasteiger partial charge in [0.2, 0.25) is 0 Å². The molecule has 3 aromatic heterocycles. The van der Waals surface area contributed by atoms with Gasteiger partial charge >= 0.3 is 5.97 Å². The third-order valence-corrected chi connectivity index (χ3v) is 7.21. The molecular weight excluding hydrogens is 487 g/mol. The van der Waals surface area contributed by atoms with Crippen molar-refractivity contribution < 1.29 is 23.8 Å². The summed E-state index contributed by atoms with van der Waals surface area (Å²) in [5, 5.41) is 13.3. The van der Waals surface area contributed by atoms with Gasteiger partial charge in [-0.25, -0.2) is 14.2 Å². The van der Waals surface area contributed by atoms with Gasteiger partial charge < -0.3 is 30.8 Å². The molecule has 4 heterocycles. The van der Waals surface area contributed by atoms with Crippen LogP contribution < -0.4 is 16.0 Å². The average Bonchev–Trinajstić information content (AvgIpc) is 3.37. The highest BCUT2D eigenvalue weighted by Crippen LogP contribution is 2.35. The number of amides is 1. The second-order valence-electron chi connectivity index (χ2n) is 7.75. The number of nitrogens with one attached hydrogen (secondary N) is 2. The Bertz CT molecular complexity index is 1250. The zero-order chi connectivity index (χ0) is 24.6. The number of aromatic amines is 1. The number of carboxylic acid groups (broad SMARTS) is 1. The van der Waals surface area contributed by atoms with Gasteiger partial charge in [0.25, 0.3) is 5.91 Å². The first-order valence-electron chi connectivity index (χ1n) is 10.3. The van der Waals surface area contributed by atoms with Crippen LogP contribution in [-0.2, 0) is 4.74 Å². The summed E-state index contributed by atoms with van der Waals surface area (Å²) < 4.78 is 19.9. The highest BCUT2D eigenvalue weighted by atomic mass is 35.5. The number of carbonyl (C=O) groups excluding carboxylic acids is 1. The summed E-state index contributed by atoms with van der Waals surface area (Å²) in [5.41, 5.74) is 6.75. The first-order chi connectivity index (χ1) is 16.2. The van der Waals surface area contributed by atoms with Crippen LogP contribution >= 0.6 is 22.9 Å². The van der Waals surface area contributed by atoms with Crippen LogP contribution in [0.2, 0.25) is 5.02 Å². The van der Waals surface area contributed by atoms with Gasteiger partial charge in [-0.2, -0.15) is 0 Å². The first kappa shape index (κ1) is 23.9. The number of aromatic nitrogens is 3. The number of nitrogens with zero attached hydrogens (tertiary/aromatic N) is 3. The Balaban J connectivity index is 1.53. The maximum Gasteiger partial charge on any atom is 0.348 e. The molecule has 0 unspecified atom stereocenters. The molecule has 13 heteroatoms. The molecule has 34 heavy (non-hydrogen) atoms. The van der Waals surface area contributed by atoms with E-state index in [-0.39, 0.29) is 33.7 Å². The number of thiazole rings is 1. The van der Waals surface area contributed by atoms with Crippen LogP contribution in [0, 0.1) is 12.7 Å². The van der Waals surface area contributed by atoms with E-state index in [0.29, 0.717) is 35.4 Å². The number of nitrogens with two attached hydrogens (primary N) is 1. The Morgan fingerprint density at radius 1 is 1.44 bits per heavy atom. The summed E-state index contributed by atoms with van der Waals surface area (Å²) in [4.78, 5) is 37.5. The third kappa shape index (κ3) is 4.43. The van der Waals surface area contributed by atoms with Crippen LogP contribution in [0.4, 0.5) is 15.2 Å². The molecule has 3 aromatic rings. The van der Waals surface area contributed by atoms with Crippen LogP contribution in [0.1, 0.15) is 32.3 Å². The molecule has 10 nitrogen and oxygen atoms in total. The van der Waals surface area contributed by atoms with Gasteiger partial charge in [0.05, 0.1) is 22.9 Å². The Hall–Kier alpha value is -3.22. The summed E-state index contributed by atoms with van der Waals surface area (Å²) in [5.74, 6) is -2.27. The van der Waals surface area contributed by atoms with Crippen molar-refractivity contribution in [1.29, 1.82) is 0 Å². The number of hydrogen-bond acceptors (Lipinski definition) is 8. The van der Waals surface area contributed by atoms with Crippen LogP contribution in [0.25, 0.3) is 11.4 Å². The number of carbonyl (C=O) groups is 2. The number of anilines is 2. The van der Waals surface area contributed by atoms with Crippen molar-refractivity contribution in [1.82, 2.24) is 20.3 Å². The van der Waals surface area contributed by atoms with Crippen molar-refractivity contribution in [3.63, 3.8) is 0 Å². The largest absolute Gasteiger partial charge is 0.477 e. The van der Waals surface area contributed by atoms with Gasteiger partial charge in [-0.15, -0.1) is 0 Å². The molecule has 0 spiro atoms. The molecule has 0 aromatic carbocycles. The molecule has 0 aliphatic carbocycles. The van der Waals surface area contributed by atoms with Gasteiger partial charge in [-0.05, 0) is 25.5 Å². The molecule has 1 fully saturated rings. The minimum atomic E-state index is -1.22.